The molecule has 0 aromatic heterocycles. The van der Waals surface area contributed by atoms with Gasteiger partial charge in [-0.3, -0.25) is 0 Å². The highest BCUT2D eigenvalue weighted by Crippen LogP contribution is 2.28. The smallest absolute Gasteiger partial charge is 0.00868 e. The van der Waals surface area contributed by atoms with E-state index in [1.165, 1.54) is 13.0 Å². The van der Waals surface area contributed by atoms with Gasteiger partial charge in [-0.2, -0.15) is 0 Å². The van der Waals surface area contributed by atoms with E-state index in [2.05, 4.69) is 60.4 Å². The summed E-state index contributed by atoms with van der Waals surface area (Å²) in [7, 11) is 2.25. The summed E-state index contributed by atoms with van der Waals surface area (Å²) in [4.78, 5) is 2.49. The van der Waals surface area contributed by atoms with Crippen molar-refractivity contribution < 1.29 is 0 Å². The van der Waals surface area contributed by atoms with Gasteiger partial charge in [0.25, 0.3) is 0 Å². The van der Waals surface area contributed by atoms with Crippen LogP contribution in [0.3, 0.4) is 0 Å². The van der Waals surface area contributed by atoms with Crippen LogP contribution in [-0.4, -0.2) is 24.5 Å². The van der Waals surface area contributed by atoms with Crippen molar-refractivity contribution in [3.8, 4) is 0 Å². The van der Waals surface area contributed by atoms with E-state index in [0.29, 0.717) is 11.5 Å². The van der Waals surface area contributed by atoms with E-state index in [-0.39, 0.29) is 0 Å². The van der Waals surface area contributed by atoms with Crippen molar-refractivity contribution >= 4 is 0 Å². The molecule has 0 saturated heterocycles. The Balaban J connectivity index is 3.96. The van der Waals surface area contributed by atoms with Gasteiger partial charge < -0.3 is 4.90 Å². The van der Waals surface area contributed by atoms with Crippen molar-refractivity contribution in [1.29, 1.82) is 0 Å². The van der Waals surface area contributed by atoms with Crippen LogP contribution in [-0.2, 0) is 0 Å². The van der Waals surface area contributed by atoms with E-state index in [0.717, 1.165) is 11.8 Å². The van der Waals surface area contributed by atoms with E-state index in [1.807, 2.05) is 0 Å². The standard InChI is InChI=1S/C14H31N/c1-11(2)13(4)15(8)10-9-12(3)14(5,6)7/h11-13H,9-10H2,1-8H3/t12-,13+/m1/s1. The van der Waals surface area contributed by atoms with Crippen molar-refractivity contribution in [2.24, 2.45) is 17.3 Å². The van der Waals surface area contributed by atoms with Gasteiger partial charge in [0, 0.05) is 6.04 Å². The van der Waals surface area contributed by atoms with E-state index in [4.69, 9.17) is 0 Å². The van der Waals surface area contributed by atoms with Crippen LogP contribution in [0.4, 0.5) is 0 Å². The molecule has 0 spiro atoms. The fourth-order valence-electron chi connectivity index (χ4n) is 1.54. The molecule has 0 rings (SSSR count). The molecule has 2 atom stereocenters. The van der Waals surface area contributed by atoms with Gasteiger partial charge in [-0.15, -0.1) is 0 Å². The Morgan fingerprint density at radius 2 is 1.47 bits per heavy atom. The summed E-state index contributed by atoms with van der Waals surface area (Å²) in [6.07, 6.45) is 1.30. The minimum absolute atomic E-state index is 0.446. The van der Waals surface area contributed by atoms with Gasteiger partial charge in [0.1, 0.15) is 0 Å². The first-order valence-electron chi connectivity index (χ1n) is 6.36. The Labute approximate surface area is 97.2 Å². The van der Waals surface area contributed by atoms with Gasteiger partial charge in [0.15, 0.2) is 0 Å². The van der Waals surface area contributed by atoms with Gasteiger partial charge in [-0.1, -0.05) is 41.5 Å². The summed E-state index contributed by atoms with van der Waals surface area (Å²) in [5, 5.41) is 0. The van der Waals surface area contributed by atoms with Gasteiger partial charge in [-0.05, 0) is 44.2 Å². The third kappa shape index (κ3) is 5.55. The molecule has 0 heterocycles. The van der Waals surface area contributed by atoms with Crippen molar-refractivity contribution in [2.45, 2.75) is 60.9 Å². The van der Waals surface area contributed by atoms with Crippen LogP contribution < -0.4 is 0 Å². The SMILES string of the molecule is CC(C)[C@H](C)N(C)CC[C@@H](C)C(C)(C)C. The molecule has 0 radical (unpaired) electrons. The van der Waals surface area contributed by atoms with Crippen LogP contribution in [0.25, 0.3) is 0 Å². The van der Waals surface area contributed by atoms with Crippen LogP contribution in [0, 0.1) is 17.3 Å². The molecule has 0 fully saturated rings. The number of nitrogens with zero attached hydrogens (tertiary/aromatic N) is 1. The molecule has 1 heteroatoms. The Bertz CT molecular complexity index is 167. The second-order valence-corrected chi connectivity index (χ2v) is 6.52. The summed E-state index contributed by atoms with van der Waals surface area (Å²) < 4.78 is 0. The van der Waals surface area contributed by atoms with Gasteiger partial charge in [-0.25, -0.2) is 0 Å². The molecule has 92 valence electrons. The van der Waals surface area contributed by atoms with E-state index in [9.17, 15) is 0 Å². The molecule has 0 aliphatic heterocycles. The summed E-state index contributed by atoms with van der Waals surface area (Å²) in [6.45, 7) is 17.5. The van der Waals surface area contributed by atoms with Crippen LogP contribution in [0.5, 0.6) is 0 Å². The van der Waals surface area contributed by atoms with Gasteiger partial charge >= 0.3 is 0 Å². The van der Waals surface area contributed by atoms with E-state index >= 15 is 0 Å². The van der Waals surface area contributed by atoms with Gasteiger partial charge in [0.2, 0.25) is 0 Å². The van der Waals surface area contributed by atoms with E-state index < -0.39 is 0 Å². The largest absolute Gasteiger partial charge is 0.303 e. The lowest BCUT2D eigenvalue weighted by Gasteiger charge is -2.32. The molecular weight excluding hydrogens is 182 g/mol. The number of hydrogen-bond donors (Lipinski definition) is 0. The summed E-state index contributed by atoms with van der Waals surface area (Å²) in [5.41, 5.74) is 0.446. The minimum Gasteiger partial charge on any atom is -0.303 e. The fourth-order valence-corrected chi connectivity index (χ4v) is 1.54. The predicted octanol–water partition coefficient (Wildman–Crippen LogP) is 4.04. The normalized spacial score (nSPS) is 17.2. The Morgan fingerprint density at radius 3 is 1.80 bits per heavy atom. The second-order valence-electron chi connectivity index (χ2n) is 6.52. The quantitative estimate of drug-likeness (QED) is 0.666. The van der Waals surface area contributed by atoms with Crippen LogP contribution in [0.2, 0.25) is 0 Å². The molecule has 0 saturated carbocycles. The molecule has 0 aliphatic carbocycles. The van der Waals surface area contributed by atoms with Crippen molar-refractivity contribution in [3.63, 3.8) is 0 Å². The molecule has 0 aromatic carbocycles. The van der Waals surface area contributed by atoms with Crippen molar-refractivity contribution in [1.82, 2.24) is 4.90 Å². The molecular formula is C14H31N. The Morgan fingerprint density at radius 1 is 1.00 bits per heavy atom. The molecule has 1 nitrogen and oxygen atoms in total. The highest BCUT2D eigenvalue weighted by atomic mass is 15.1. The fraction of sp³-hybridized carbons (Fsp3) is 1.00. The predicted molar refractivity (Wildman–Crippen MR) is 70.2 cm³/mol. The van der Waals surface area contributed by atoms with Crippen LogP contribution in [0.1, 0.15) is 54.9 Å². The van der Waals surface area contributed by atoms with E-state index in [1.54, 1.807) is 0 Å². The molecule has 15 heavy (non-hydrogen) atoms. The maximum Gasteiger partial charge on any atom is 0.00868 e. The molecule has 0 N–H and O–H groups in total. The lowest BCUT2D eigenvalue weighted by Crippen LogP contribution is -2.35. The third-order valence-corrected chi connectivity index (χ3v) is 4.05. The van der Waals surface area contributed by atoms with Crippen LogP contribution in [0.15, 0.2) is 0 Å². The average Bonchev–Trinajstić information content (AvgIpc) is 2.10. The molecule has 0 amide bonds. The Kier molecular flexibility index (Phi) is 5.87. The second kappa shape index (κ2) is 5.89. The highest BCUT2D eigenvalue weighted by Gasteiger charge is 2.21. The summed E-state index contributed by atoms with van der Waals surface area (Å²) >= 11 is 0. The van der Waals surface area contributed by atoms with Gasteiger partial charge in [0.05, 0.1) is 0 Å². The number of rotatable bonds is 5. The zero-order chi connectivity index (χ0) is 12.2. The minimum atomic E-state index is 0.446. The number of hydrogen-bond acceptors (Lipinski definition) is 1. The van der Waals surface area contributed by atoms with Crippen molar-refractivity contribution in [2.75, 3.05) is 13.6 Å². The Hall–Kier alpha value is -0.0400. The average molecular weight is 213 g/mol. The highest BCUT2D eigenvalue weighted by molar-refractivity contribution is 4.73. The zero-order valence-corrected chi connectivity index (χ0v) is 12.1. The van der Waals surface area contributed by atoms with Crippen LogP contribution >= 0.6 is 0 Å². The maximum atomic E-state index is 2.49. The maximum absolute atomic E-state index is 2.49. The zero-order valence-electron chi connectivity index (χ0n) is 12.1. The first-order valence-corrected chi connectivity index (χ1v) is 6.36. The third-order valence-electron chi connectivity index (χ3n) is 4.05. The molecule has 0 aliphatic rings. The molecule has 0 bridgehead atoms. The van der Waals surface area contributed by atoms with Crippen molar-refractivity contribution in [3.05, 3.63) is 0 Å². The summed E-state index contributed by atoms with van der Waals surface area (Å²) in [5.74, 6) is 1.54. The summed E-state index contributed by atoms with van der Waals surface area (Å²) in [6, 6.07) is 0.692. The first-order chi connectivity index (χ1) is 6.66. The molecule has 0 unspecified atom stereocenters. The topological polar surface area (TPSA) is 3.24 Å². The monoisotopic (exact) mass is 213 g/mol. The molecule has 0 aromatic rings. The first kappa shape index (κ1) is 15.0. The lowest BCUT2D eigenvalue weighted by atomic mass is 9.80. The lowest BCUT2D eigenvalue weighted by molar-refractivity contribution is 0.166.